The van der Waals surface area contributed by atoms with Crippen molar-refractivity contribution in [3.8, 4) is 0 Å². The fraction of sp³-hybridized carbons (Fsp3) is 0.143. The van der Waals surface area contributed by atoms with Gasteiger partial charge in [0.25, 0.3) is 0 Å². The standard InChI is InChI=1S/C7H11NO2S/c1-6-2-4-7(5-3-6)11(8,9)10/h2-5,9-10H,8H2,1H3. The van der Waals surface area contributed by atoms with Gasteiger partial charge in [-0.2, -0.15) is 0 Å². The lowest BCUT2D eigenvalue weighted by Gasteiger charge is -2.25. The molecule has 0 atom stereocenters. The zero-order chi connectivity index (χ0) is 8.48. The van der Waals surface area contributed by atoms with E-state index in [1.165, 1.54) is 0 Å². The van der Waals surface area contributed by atoms with Crippen LogP contribution in [0.4, 0.5) is 0 Å². The van der Waals surface area contributed by atoms with E-state index in [1.807, 2.05) is 6.92 Å². The summed E-state index contributed by atoms with van der Waals surface area (Å²) >= 11 is 0. The number of aryl methyl sites for hydroxylation is 1. The quantitative estimate of drug-likeness (QED) is 0.608. The van der Waals surface area contributed by atoms with Gasteiger partial charge in [-0.05, 0) is 19.1 Å². The molecule has 0 aliphatic heterocycles. The van der Waals surface area contributed by atoms with Crippen molar-refractivity contribution >= 4 is 10.8 Å². The Kier molecular flexibility index (Phi) is 2.20. The highest BCUT2D eigenvalue weighted by Crippen LogP contribution is 2.39. The van der Waals surface area contributed by atoms with E-state index in [2.05, 4.69) is 0 Å². The van der Waals surface area contributed by atoms with Gasteiger partial charge in [-0.1, -0.05) is 17.7 Å². The summed E-state index contributed by atoms with van der Waals surface area (Å²) in [4.78, 5) is 0.378. The highest BCUT2D eigenvalue weighted by atomic mass is 32.3. The Morgan fingerprint density at radius 1 is 1.18 bits per heavy atom. The molecule has 11 heavy (non-hydrogen) atoms. The highest BCUT2D eigenvalue weighted by Gasteiger charge is 2.06. The Morgan fingerprint density at radius 2 is 1.64 bits per heavy atom. The SMILES string of the molecule is Cc1ccc(S(N)(O)O)cc1. The van der Waals surface area contributed by atoms with Crippen LogP contribution in [-0.2, 0) is 0 Å². The fourth-order valence-corrected chi connectivity index (χ4v) is 1.28. The van der Waals surface area contributed by atoms with Gasteiger partial charge < -0.3 is 0 Å². The maximum absolute atomic E-state index is 9.00. The highest BCUT2D eigenvalue weighted by molar-refractivity contribution is 8.22. The molecule has 1 rings (SSSR count). The lowest BCUT2D eigenvalue weighted by molar-refractivity contribution is 0.489. The van der Waals surface area contributed by atoms with Crippen LogP contribution in [0.3, 0.4) is 0 Å². The maximum Gasteiger partial charge on any atom is 0.0747 e. The summed E-state index contributed by atoms with van der Waals surface area (Å²) in [6.45, 7) is 1.92. The molecule has 1 aromatic rings. The van der Waals surface area contributed by atoms with E-state index in [4.69, 9.17) is 14.2 Å². The van der Waals surface area contributed by atoms with Crippen LogP contribution < -0.4 is 5.14 Å². The number of benzene rings is 1. The Morgan fingerprint density at radius 3 is 2.00 bits per heavy atom. The van der Waals surface area contributed by atoms with Gasteiger partial charge in [0.2, 0.25) is 0 Å². The summed E-state index contributed by atoms with van der Waals surface area (Å²) < 4.78 is 18.0. The number of hydrogen-bond acceptors (Lipinski definition) is 3. The molecular formula is C7H11NO2S. The first-order chi connectivity index (χ1) is 5.00. The van der Waals surface area contributed by atoms with Crippen LogP contribution in [0, 0.1) is 6.92 Å². The smallest absolute Gasteiger partial charge is 0.0747 e. The van der Waals surface area contributed by atoms with E-state index < -0.39 is 10.8 Å². The molecule has 0 bridgehead atoms. The third-order valence-electron chi connectivity index (χ3n) is 1.37. The van der Waals surface area contributed by atoms with Crippen molar-refractivity contribution in [1.82, 2.24) is 0 Å². The van der Waals surface area contributed by atoms with Gasteiger partial charge in [0.05, 0.1) is 4.90 Å². The molecule has 0 fully saturated rings. The van der Waals surface area contributed by atoms with Crippen LogP contribution in [-0.4, -0.2) is 9.11 Å². The third kappa shape index (κ3) is 2.20. The predicted molar refractivity (Wildman–Crippen MR) is 46.5 cm³/mol. The Hall–Kier alpha value is -0.550. The molecule has 0 saturated carbocycles. The second-order valence-electron chi connectivity index (χ2n) is 2.41. The fourth-order valence-electron chi connectivity index (χ4n) is 0.739. The average molecular weight is 173 g/mol. The van der Waals surface area contributed by atoms with Crippen LogP contribution in [0.25, 0.3) is 0 Å². The van der Waals surface area contributed by atoms with Crippen LogP contribution in [0.15, 0.2) is 29.2 Å². The first kappa shape index (κ1) is 8.55. The molecule has 0 aromatic heterocycles. The molecule has 0 spiro atoms. The van der Waals surface area contributed by atoms with Crippen LogP contribution in [0.2, 0.25) is 0 Å². The Balaban J connectivity index is 2.99. The molecule has 0 unspecified atom stereocenters. The molecular weight excluding hydrogens is 162 g/mol. The number of nitrogens with two attached hydrogens (primary N) is 1. The normalized spacial score (nSPS) is 13.1. The molecule has 0 aliphatic carbocycles. The lowest BCUT2D eigenvalue weighted by atomic mass is 10.2. The van der Waals surface area contributed by atoms with E-state index in [-0.39, 0.29) is 0 Å². The zero-order valence-electron chi connectivity index (χ0n) is 6.19. The minimum atomic E-state index is -3.02. The van der Waals surface area contributed by atoms with Gasteiger partial charge >= 0.3 is 0 Å². The van der Waals surface area contributed by atoms with E-state index in [0.29, 0.717) is 4.90 Å². The molecule has 62 valence electrons. The van der Waals surface area contributed by atoms with Crippen molar-refractivity contribution < 1.29 is 9.11 Å². The predicted octanol–water partition coefficient (Wildman–Crippen LogP) is 1.98. The first-order valence-corrected chi connectivity index (χ1v) is 4.74. The van der Waals surface area contributed by atoms with Crippen molar-refractivity contribution in [1.29, 1.82) is 0 Å². The van der Waals surface area contributed by atoms with Crippen molar-refractivity contribution in [2.24, 2.45) is 5.14 Å². The zero-order valence-corrected chi connectivity index (χ0v) is 7.01. The second kappa shape index (κ2) is 2.83. The molecule has 0 heterocycles. The van der Waals surface area contributed by atoms with Gasteiger partial charge in [-0.25, -0.2) is 5.14 Å². The molecule has 4 N–H and O–H groups in total. The molecule has 0 saturated heterocycles. The van der Waals surface area contributed by atoms with Crippen molar-refractivity contribution in [2.75, 3.05) is 0 Å². The van der Waals surface area contributed by atoms with Crippen molar-refractivity contribution in [3.05, 3.63) is 29.8 Å². The number of rotatable bonds is 1. The largest absolute Gasteiger partial charge is 0.282 e. The van der Waals surface area contributed by atoms with Gasteiger partial charge in [-0.3, -0.25) is 9.11 Å². The summed E-state index contributed by atoms with van der Waals surface area (Å²) in [6, 6.07) is 6.81. The van der Waals surface area contributed by atoms with E-state index in [1.54, 1.807) is 24.3 Å². The molecule has 0 aliphatic rings. The van der Waals surface area contributed by atoms with Gasteiger partial charge in [0.1, 0.15) is 0 Å². The number of hydrogen-bond donors (Lipinski definition) is 3. The minimum Gasteiger partial charge on any atom is -0.282 e. The summed E-state index contributed by atoms with van der Waals surface area (Å²) in [5.41, 5.74) is 1.07. The monoisotopic (exact) mass is 173 g/mol. The maximum atomic E-state index is 9.00. The van der Waals surface area contributed by atoms with Crippen molar-refractivity contribution in [2.45, 2.75) is 11.8 Å². The Labute approximate surface area is 67.3 Å². The molecule has 4 heteroatoms. The van der Waals surface area contributed by atoms with Crippen LogP contribution >= 0.6 is 10.8 Å². The third-order valence-corrected chi connectivity index (χ3v) is 2.33. The topological polar surface area (TPSA) is 66.5 Å². The van der Waals surface area contributed by atoms with E-state index in [0.717, 1.165) is 5.56 Å². The molecule has 0 amide bonds. The Bertz CT molecular complexity index is 240. The minimum absolute atomic E-state index is 0.378. The summed E-state index contributed by atoms with van der Waals surface area (Å²) in [5.74, 6) is 0. The lowest BCUT2D eigenvalue weighted by Crippen LogP contribution is -2.07. The van der Waals surface area contributed by atoms with Crippen LogP contribution in [0.5, 0.6) is 0 Å². The molecule has 3 nitrogen and oxygen atoms in total. The molecule has 0 radical (unpaired) electrons. The first-order valence-electron chi connectivity index (χ1n) is 3.13. The second-order valence-corrected chi connectivity index (χ2v) is 4.06. The average Bonchev–Trinajstić information content (AvgIpc) is 1.86. The summed E-state index contributed by atoms with van der Waals surface area (Å²) in [6.07, 6.45) is 0. The van der Waals surface area contributed by atoms with Crippen molar-refractivity contribution in [3.63, 3.8) is 0 Å². The van der Waals surface area contributed by atoms with Gasteiger partial charge in [-0.15, -0.1) is 10.8 Å². The van der Waals surface area contributed by atoms with Crippen LogP contribution in [0.1, 0.15) is 5.56 Å². The summed E-state index contributed by atoms with van der Waals surface area (Å²) in [7, 11) is -3.02. The van der Waals surface area contributed by atoms with E-state index >= 15 is 0 Å². The molecule has 1 aromatic carbocycles. The van der Waals surface area contributed by atoms with Gasteiger partial charge in [0.15, 0.2) is 0 Å². The van der Waals surface area contributed by atoms with E-state index in [9.17, 15) is 0 Å². The van der Waals surface area contributed by atoms with Gasteiger partial charge in [0, 0.05) is 0 Å². The summed E-state index contributed by atoms with van der Waals surface area (Å²) in [5, 5.41) is 5.10.